The van der Waals surface area contributed by atoms with E-state index in [1.165, 1.54) is 27.8 Å². The summed E-state index contributed by atoms with van der Waals surface area (Å²) in [5, 5.41) is 3.15. The van der Waals surface area contributed by atoms with Crippen LogP contribution >= 0.6 is 0 Å². The molecule has 1 aliphatic carbocycles. The summed E-state index contributed by atoms with van der Waals surface area (Å²) in [7, 11) is 0. The number of hydrogen-bond acceptors (Lipinski definition) is 2. The quantitative estimate of drug-likeness (QED) is 0.236. The van der Waals surface area contributed by atoms with Crippen molar-refractivity contribution in [3.63, 3.8) is 0 Å². The predicted octanol–water partition coefficient (Wildman–Crippen LogP) is 8.07. The average Bonchev–Trinajstić information content (AvgIpc) is 3.26. The number of aryl methyl sites for hydroxylation is 1. The van der Waals surface area contributed by atoms with Crippen molar-refractivity contribution < 1.29 is 9.53 Å². The van der Waals surface area contributed by atoms with Gasteiger partial charge in [0.1, 0.15) is 6.61 Å². The summed E-state index contributed by atoms with van der Waals surface area (Å²) in [6.07, 6.45) is 4.96. The maximum Gasteiger partial charge on any atom is 0.407 e. The first-order chi connectivity index (χ1) is 17.8. The van der Waals surface area contributed by atoms with Gasteiger partial charge in [0.05, 0.1) is 6.04 Å². The molecule has 1 N–H and O–H groups in total. The molecule has 3 heteroatoms. The molecule has 0 bridgehead atoms. The molecular formula is C33H33NO2. The van der Waals surface area contributed by atoms with Crippen LogP contribution in [-0.4, -0.2) is 12.7 Å². The molecule has 0 aromatic heterocycles. The third kappa shape index (κ3) is 5.68. The highest BCUT2D eigenvalue weighted by molar-refractivity contribution is 5.79. The summed E-state index contributed by atoms with van der Waals surface area (Å²) in [6.45, 7) is 0.332. The Morgan fingerprint density at radius 1 is 0.694 bits per heavy atom. The minimum absolute atomic E-state index is 0.0569. The second-order valence-electron chi connectivity index (χ2n) is 9.52. The first-order valence-corrected chi connectivity index (χ1v) is 13.0. The van der Waals surface area contributed by atoms with Gasteiger partial charge in [-0.3, -0.25) is 0 Å². The Labute approximate surface area is 214 Å². The van der Waals surface area contributed by atoms with Gasteiger partial charge in [-0.2, -0.15) is 0 Å². The van der Waals surface area contributed by atoms with Crippen molar-refractivity contribution in [3.05, 3.63) is 131 Å². The van der Waals surface area contributed by atoms with Crippen LogP contribution in [-0.2, 0) is 11.2 Å². The molecule has 0 heterocycles. The van der Waals surface area contributed by atoms with Gasteiger partial charge in [0, 0.05) is 5.92 Å². The van der Waals surface area contributed by atoms with Crippen molar-refractivity contribution in [1.82, 2.24) is 5.32 Å². The zero-order chi connectivity index (χ0) is 24.6. The topological polar surface area (TPSA) is 38.3 Å². The van der Waals surface area contributed by atoms with E-state index in [4.69, 9.17) is 4.74 Å². The largest absolute Gasteiger partial charge is 0.449 e. The van der Waals surface area contributed by atoms with Crippen LogP contribution in [0.1, 0.15) is 59.9 Å². The van der Waals surface area contributed by atoms with Crippen molar-refractivity contribution in [1.29, 1.82) is 0 Å². The summed E-state index contributed by atoms with van der Waals surface area (Å²) in [5.74, 6) is 0.0660. The second kappa shape index (κ2) is 11.7. The number of unbranched alkanes of at least 4 members (excludes halogenated alkanes) is 2. The molecule has 0 saturated heterocycles. The maximum absolute atomic E-state index is 12.9. The van der Waals surface area contributed by atoms with Gasteiger partial charge >= 0.3 is 6.09 Å². The van der Waals surface area contributed by atoms with E-state index in [2.05, 4.69) is 96.3 Å². The van der Waals surface area contributed by atoms with Crippen LogP contribution < -0.4 is 5.32 Å². The Bertz CT molecular complexity index is 1220. The molecule has 1 unspecified atom stereocenters. The molecule has 5 rings (SSSR count). The van der Waals surface area contributed by atoms with Gasteiger partial charge in [-0.15, -0.1) is 0 Å². The molecule has 0 aliphatic heterocycles. The number of rotatable bonds is 10. The second-order valence-corrected chi connectivity index (χ2v) is 9.52. The molecule has 1 atom stereocenters. The Morgan fingerprint density at radius 2 is 1.28 bits per heavy atom. The molecular weight excluding hydrogens is 442 g/mol. The van der Waals surface area contributed by atoms with E-state index < -0.39 is 0 Å². The highest BCUT2D eigenvalue weighted by Crippen LogP contribution is 2.44. The van der Waals surface area contributed by atoms with Crippen molar-refractivity contribution in [2.24, 2.45) is 0 Å². The van der Waals surface area contributed by atoms with Gasteiger partial charge in [0.2, 0.25) is 0 Å². The fourth-order valence-electron chi connectivity index (χ4n) is 5.29. The number of amides is 1. The van der Waals surface area contributed by atoms with E-state index in [0.29, 0.717) is 6.61 Å². The number of carbonyl (C=O) groups excluding carboxylic acids is 1. The van der Waals surface area contributed by atoms with E-state index in [1.54, 1.807) is 0 Å². The lowest BCUT2D eigenvalue weighted by atomic mass is 9.98. The molecule has 1 amide bonds. The maximum atomic E-state index is 12.9. The molecule has 0 saturated carbocycles. The fourth-order valence-corrected chi connectivity index (χ4v) is 5.29. The molecule has 0 fully saturated rings. The van der Waals surface area contributed by atoms with Crippen LogP contribution in [0.25, 0.3) is 11.1 Å². The van der Waals surface area contributed by atoms with Crippen LogP contribution in [0, 0.1) is 0 Å². The SMILES string of the molecule is O=C(NC(CCCCCc1ccccc1)c1ccccc1)OCC1c2ccccc2-c2ccccc21. The molecule has 4 aromatic carbocycles. The van der Waals surface area contributed by atoms with E-state index in [-0.39, 0.29) is 18.1 Å². The number of fused-ring (bicyclic) bond motifs is 3. The van der Waals surface area contributed by atoms with E-state index in [0.717, 1.165) is 37.7 Å². The van der Waals surface area contributed by atoms with Crippen LogP contribution in [0.4, 0.5) is 4.79 Å². The molecule has 36 heavy (non-hydrogen) atoms. The van der Waals surface area contributed by atoms with Crippen LogP contribution in [0.3, 0.4) is 0 Å². The standard InChI is InChI=1S/C33H33NO2/c35-33(36-24-31-29-21-12-10-19-27(29)28-20-11-13-22-30(28)31)34-32(26-17-7-3-8-18-26)23-9-2-6-16-25-14-4-1-5-15-25/h1,3-5,7-8,10-15,17-22,31-32H,2,6,9,16,23-24H2,(H,34,35). The Kier molecular flexibility index (Phi) is 7.77. The Morgan fingerprint density at radius 3 is 1.94 bits per heavy atom. The third-order valence-corrected chi connectivity index (χ3v) is 7.14. The number of hydrogen-bond donors (Lipinski definition) is 1. The minimum atomic E-state index is -0.352. The molecule has 3 nitrogen and oxygen atoms in total. The molecule has 0 spiro atoms. The average molecular weight is 476 g/mol. The summed E-state index contributed by atoms with van der Waals surface area (Å²) < 4.78 is 5.83. The highest BCUT2D eigenvalue weighted by atomic mass is 16.5. The first-order valence-electron chi connectivity index (χ1n) is 13.0. The van der Waals surface area contributed by atoms with Crippen molar-refractivity contribution in [2.75, 3.05) is 6.61 Å². The predicted molar refractivity (Wildman–Crippen MR) is 146 cm³/mol. The van der Waals surface area contributed by atoms with Gasteiger partial charge < -0.3 is 10.1 Å². The minimum Gasteiger partial charge on any atom is -0.449 e. The number of nitrogens with one attached hydrogen (secondary N) is 1. The summed E-state index contributed by atoms with van der Waals surface area (Å²) in [5.41, 5.74) is 7.43. The van der Waals surface area contributed by atoms with Gasteiger partial charge in [-0.05, 0) is 52.6 Å². The lowest BCUT2D eigenvalue weighted by Gasteiger charge is -2.20. The molecule has 1 aliphatic rings. The zero-order valence-corrected chi connectivity index (χ0v) is 20.6. The van der Waals surface area contributed by atoms with Crippen molar-refractivity contribution in [3.8, 4) is 11.1 Å². The molecule has 4 aromatic rings. The lowest BCUT2D eigenvalue weighted by Crippen LogP contribution is -2.30. The van der Waals surface area contributed by atoms with Gasteiger partial charge in [-0.25, -0.2) is 4.79 Å². The van der Waals surface area contributed by atoms with Crippen LogP contribution in [0.2, 0.25) is 0 Å². The zero-order valence-electron chi connectivity index (χ0n) is 20.6. The van der Waals surface area contributed by atoms with E-state index in [9.17, 15) is 4.79 Å². The monoisotopic (exact) mass is 475 g/mol. The Hall–Kier alpha value is -3.85. The smallest absolute Gasteiger partial charge is 0.407 e. The molecule has 182 valence electrons. The summed E-state index contributed by atoms with van der Waals surface area (Å²) >= 11 is 0. The summed E-state index contributed by atoms with van der Waals surface area (Å²) in [6, 6.07) is 37.6. The van der Waals surface area contributed by atoms with Crippen LogP contribution in [0.15, 0.2) is 109 Å². The van der Waals surface area contributed by atoms with E-state index in [1.807, 2.05) is 18.2 Å². The van der Waals surface area contributed by atoms with Gasteiger partial charge in [0.15, 0.2) is 0 Å². The highest BCUT2D eigenvalue weighted by Gasteiger charge is 2.29. The van der Waals surface area contributed by atoms with Gasteiger partial charge in [0.25, 0.3) is 0 Å². The molecule has 0 radical (unpaired) electrons. The number of alkyl carbamates (subject to hydrolysis) is 1. The van der Waals surface area contributed by atoms with Gasteiger partial charge in [-0.1, -0.05) is 122 Å². The number of carbonyl (C=O) groups is 1. The van der Waals surface area contributed by atoms with E-state index >= 15 is 0 Å². The number of ether oxygens (including phenoxy) is 1. The normalized spacial score (nSPS) is 13.0. The third-order valence-electron chi connectivity index (χ3n) is 7.14. The Balaban J connectivity index is 1.18. The lowest BCUT2D eigenvalue weighted by molar-refractivity contribution is 0.138. The van der Waals surface area contributed by atoms with Crippen molar-refractivity contribution >= 4 is 6.09 Å². The fraction of sp³-hybridized carbons (Fsp3) is 0.242. The first kappa shape index (κ1) is 23.9. The summed E-state index contributed by atoms with van der Waals surface area (Å²) in [4.78, 5) is 12.9. The van der Waals surface area contributed by atoms with Crippen LogP contribution in [0.5, 0.6) is 0 Å². The van der Waals surface area contributed by atoms with Crippen molar-refractivity contribution in [2.45, 2.75) is 44.1 Å². The number of benzene rings is 4.